The van der Waals surface area contributed by atoms with Crippen molar-refractivity contribution in [1.82, 2.24) is 5.32 Å². The fourth-order valence-corrected chi connectivity index (χ4v) is 7.65. The van der Waals surface area contributed by atoms with Gasteiger partial charge in [0.1, 0.15) is 11.4 Å². The molecule has 1 saturated carbocycles. The molecule has 5 rings (SSSR count). The number of benzene rings is 2. The van der Waals surface area contributed by atoms with Crippen LogP contribution in [0.25, 0.3) is 0 Å². The third kappa shape index (κ3) is 9.56. The number of piperidine rings is 1. The molecule has 3 aromatic carbocycles. The number of aliphatic hydroxyl groups excluding tert-OH is 1. The number of unbranched alkanes of at least 4 members (excludes halogenated alkanes) is 3. The largest absolute Gasteiger partial charge is 0.390 e. The number of aliphatic hydroxyl groups is 1. The van der Waals surface area contributed by atoms with Gasteiger partial charge >= 0.3 is 0 Å². The molecular formula is C40H54N4O4. The van der Waals surface area contributed by atoms with Crippen LogP contribution in [0.1, 0.15) is 107 Å². The van der Waals surface area contributed by atoms with Crippen molar-refractivity contribution >= 4 is 11.4 Å². The van der Waals surface area contributed by atoms with Crippen LogP contribution in [-0.2, 0) is 11.3 Å². The summed E-state index contributed by atoms with van der Waals surface area (Å²) in [6.07, 6.45) is 12.3. The Morgan fingerprint density at radius 2 is 1.73 bits per heavy atom. The maximum atomic E-state index is 13.2. The van der Waals surface area contributed by atoms with E-state index in [1.165, 1.54) is 32.1 Å². The highest BCUT2D eigenvalue weighted by atomic mass is 16.5. The Labute approximate surface area is 286 Å². The van der Waals surface area contributed by atoms with Crippen molar-refractivity contribution in [3.63, 3.8) is 0 Å². The smallest absolute Gasteiger partial charge is 0.253 e. The monoisotopic (exact) mass is 654 g/mol. The number of nitrogens with one attached hydrogen (secondary N) is 2. The highest BCUT2D eigenvalue weighted by molar-refractivity contribution is 5.75. The molecule has 8 nitrogen and oxygen atoms in total. The molecule has 8 heteroatoms. The Morgan fingerprint density at radius 3 is 2.46 bits per heavy atom. The van der Waals surface area contributed by atoms with Crippen LogP contribution in [0.4, 0.5) is 11.4 Å². The molecule has 48 heavy (non-hydrogen) atoms. The molecule has 2 fully saturated rings. The number of hydrogen-bond donors (Lipinski definition) is 3. The van der Waals surface area contributed by atoms with Gasteiger partial charge in [0.15, 0.2) is 0 Å². The van der Waals surface area contributed by atoms with E-state index in [0.717, 1.165) is 62.6 Å². The predicted molar refractivity (Wildman–Crippen MR) is 193 cm³/mol. The van der Waals surface area contributed by atoms with Gasteiger partial charge in [0.2, 0.25) is 0 Å². The van der Waals surface area contributed by atoms with E-state index in [4.69, 9.17) is 10.00 Å². The van der Waals surface area contributed by atoms with E-state index in [1.807, 2.05) is 18.2 Å². The lowest BCUT2D eigenvalue weighted by molar-refractivity contribution is 0.00400. The summed E-state index contributed by atoms with van der Waals surface area (Å²) in [4.78, 5) is 28.4. The number of nitrogens with zero attached hydrogens (tertiary/aromatic N) is 2. The first-order chi connectivity index (χ1) is 23.5. The molecule has 258 valence electrons. The number of anilines is 2. The van der Waals surface area contributed by atoms with Crippen LogP contribution in [0.15, 0.2) is 64.2 Å². The van der Waals surface area contributed by atoms with E-state index in [2.05, 4.69) is 52.8 Å². The van der Waals surface area contributed by atoms with Crippen LogP contribution >= 0.6 is 0 Å². The van der Waals surface area contributed by atoms with E-state index in [9.17, 15) is 14.7 Å². The zero-order valence-corrected chi connectivity index (χ0v) is 28.7. The first-order valence-corrected chi connectivity index (χ1v) is 18.4. The summed E-state index contributed by atoms with van der Waals surface area (Å²) >= 11 is 0. The van der Waals surface area contributed by atoms with Gasteiger partial charge in [0.05, 0.1) is 29.9 Å². The summed E-state index contributed by atoms with van der Waals surface area (Å²) in [6.45, 7) is 5.19. The lowest BCUT2D eigenvalue weighted by atomic mass is 9.83. The number of ether oxygens (including phenoxy) is 1. The Morgan fingerprint density at radius 1 is 0.958 bits per heavy atom. The second-order valence-corrected chi connectivity index (χ2v) is 14.0. The second-order valence-electron chi connectivity index (χ2n) is 14.0. The summed E-state index contributed by atoms with van der Waals surface area (Å²) < 4.78 is 6.57. The standard InChI is InChI=1S/C40H54N4O4/c1-2-3-4-11-23-48-40(32-15-9-6-10-16-32)33-17-12-22-44(28-33)37-36(38(46)39(37)47)43-34(24-29-13-7-5-8-14-29)35(45)27-42-26-31-20-18-30(25-41)19-21-31/h6,9-10,15-16,18-21,29,33-35,40,42-43,45H,2-5,7-8,11-14,17,22-24,26-28H2,1H3/t33-,34+,35-,40?/m1/s1. The number of rotatable bonds is 18. The molecule has 1 saturated heterocycles. The quantitative estimate of drug-likeness (QED) is 0.104. The van der Waals surface area contributed by atoms with E-state index >= 15 is 0 Å². The van der Waals surface area contributed by atoms with Gasteiger partial charge in [-0.3, -0.25) is 9.59 Å². The molecule has 1 unspecified atom stereocenters. The van der Waals surface area contributed by atoms with E-state index in [1.54, 1.807) is 12.1 Å². The Bertz CT molecular complexity index is 1510. The van der Waals surface area contributed by atoms with Crippen molar-refractivity contribution in [2.45, 2.75) is 109 Å². The maximum Gasteiger partial charge on any atom is 0.253 e. The highest BCUT2D eigenvalue weighted by Crippen LogP contribution is 2.36. The highest BCUT2D eigenvalue weighted by Gasteiger charge is 2.35. The average Bonchev–Trinajstić information content (AvgIpc) is 3.13. The molecule has 0 aromatic heterocycles. The van der Waals surface area contributed by atoms with Crippen molar-refractivity contribution in [2.24, 2.45) is 11.8 Å². The third-order valence-electron chi connectivity index (χ3n) is 10.4. The van der Waals surface area contributed by atoms with Crippen molar-refractivity contribution < 1.29 is 9.84 Å². The molecule has 2 aliphatic rings. The zero-order valence-electron chi connectivity index (χ0n) is 28.7. The van der Waals surface area contributed by atoms with Crippen molar-refractivity contribution in [1.29, 1.82) is 5.26 Å². The van der Waals surface area contributed by atoms with Gasteiger partial charge in [0, 0.05) is 38.7 Å². The first kappa shape index (κ1) is 35.8. The molecule has 1 heterocycles. The minimum atomic E-state index is -0.750. The third-order valence-corrected chi connectivity index (χ3v) is 10.4. The maximum absolute atomic E-state index is 13.2. The van der Waals surface area contributed by atoms with Crippen molar-refractivity contribution in [3.05, 3.63) is 91.7 Å². The molecule has 4 atom stereocenters. The molecule has 3 N–H and O–H groups in total. The minimum Gasteiger partial charge on any atom is -0.390 e. The normalized spacial score (nSPS) is 19.1. The van der Waals surface area contributed by atoms with Crippen LogP contribution in [0, 0.1) is 23.2 Å². The molecule has 0 spiro atoms. The number of hydrogen-bond acceptors (Lipinski definition) is 8. The van der Waals surface area contributed by atoms with Gasteiger partial charge in [-0.25, -0.2) is 0 Å². The zero-order chi connectivity index (χ0) is 33.7. The van der Waals surface area contributed by atoms with Gasteiger partial charge in [-0.15, -0.1) is 0 Å². The second kappa shape index (κ2) is 18.3. The van der Waals surface area contributed by atoms with Crippen molar-refractivity contribution in [2.75, 3.05) is 36.5 Å². The first-order valence-electron chi connectivity index (χ1n) is 18.4. The Kier molecular flexibility index (Phi) is 13.6. The van der Waals surface area contributed by atoms with Gasteiger partial charge in [-0.1, -0.05) is 101 Å². The lowest BCUT2D eigenvalue weighted by Gasteiger charge is -2.40. The molecule has 0 amide bonds. The topological polar surface area (TPSA) is 115 Å². The fraction of sp³-hybridized carbons (Fsp3) is 0.575. The average molecular weight is 655 g/mol. The summed E-state index contributed by atoms with van der Waals surface area (Å²) in [5.74, 6) is 0.666. The fourth-order valence-electron chi connectivity index (χ4n) is 7.65. The van der Waals surface area contributed by atoms with E-state index in [-0.39, 0.29) is 18.1 Å². The summed E-state index contributed by atoms with van der Waals surface area (Å²) in [7, 11) is 0. The SMILES string of the molecule is CCCCCCOC(c1ccccc1)[C@@H]1CCCN(c2c(N[C@@H](CC3CCCCC3)[C@H](O)CNCc3ccc(C#N)cc3)c(=O)c2=O)C1. The molecule has 1 aliphatic heterocycles. The van der Waals surface area contributed by atoms with Crippen LogP contribution in [0.3, 0.4) is 0 Å². The van der Waals surface area contributed by atoms with Gasteiger partial charge in [0.25, 0.3) is 10.9 Å². The molecule has 0 bridgehead atoms. The Hall–Kier alpha value is -3.51. The van der Waals surface area contributed by atoms with E-state index in [0.29, 0.717) is 49.1 Å². The van der Waals surface area contributed by atoms with Crippen LogP contribution < -0.4 is 26.4 Å². The minimum absolute atomic E-state index is 0.0680. The Balaban J connectivity index is 1.28. The number of nitriles is 1. The van der Waals surface area contributed by atoms with Gasteiger partial charge in [-0.2, -0.15) is 5.26 Å². The summed E-state index contributed by atoms with van der Waals surface area (Å²) in [5.41, 5.74) is 2.73. The molecular weight excluding hydrogens is 600 g/mol. The van der Waals surface area contributed by atoms with Crippen LogP contribution in [-0.4, -0.2) is 43.5 Å². The van der Waals surface area contributed by atoms with Crippen LogP contribution in [0.5, 0.6) is 0 Å². The molecule has 3 aromatic rings. The van der Waals surface area contributed by atoms with Crippen LogP contribution in [0.2, 0.25) is 0 Å². The van der Waals surface area contributed by atoms with Gasteiger partial charge in [-0.05, 0) is 54.9 Å². The van der Waals surface area contributed by atoms with Crippen molar-refractivity contribution in [3.8, 4) is 6.07 Å². The summed E-state index contributed by atoms with van der Waals surface area (Å²) in [5, 5.41) is 27.3. The molecule has 1 aliphatic carbocycles. The summed E-state index contributed by atoms with van der Waals surface area (Å²) in [6, 6.07) is 19.6. The van der Waals surface area contributed by atoms with Gasteiger partial charge < -0.3 is 25.4 Å². The lowest BCUT2D eigenvalue weighted by Crippen LogP contribution is -2.50. The predicted octanol–water partition coefficient (Wildman–Crippen LogP) is 6.61. The molecule has 0 radical (unpaired) electrons. The van der Waals surface area contributed by atoms with E-state index < -0.39 is 17.0 Å².